The Hall–Kier alpha value is -2.14. The fourth-order valence-corrected chi connectivity index (χ4v) is 4.61. The van der Waals surface area contributed by atoms with Gasteiger partial charge in [0.2, 0.25) is 5.95 Å². The topological polar surface area (TPSA) is 104 Å². The molecule has 2 atom stereocenters. The van der Waals surface area contributed by atoms with Crippen molar-refractivity contribution in [1.29, 1.82) is 0 Å². The molecule has 10 heteroatoms. The van der Waals surface area contributed by atoms with E-state index in [9.17, 15) is 4.39 Å². The van der Waals surface area contributed by atoms with E-state index in [1.807, 2.05) is 20.8 Å². The van der Waals surface area contributed by atoms with E-state index in [2.05, 4.69) is 31.4 Å². The minimum absolute atomic E-state index is 0.0696. The molecular formula is C22H27BrFN5O3. The van der Waals surface area contributed by atoms with Crippen LogP contribution in [0.3, 0.4) is 0 Å². The van der Waals surface area contributed by atoms with E-state index in [0.29, 0.717) is 29.9 Å². The first-order chi connectivity index (χ1) is 15.2. The van der Waals surface area contributed by atoms with Gasteiger partial charge in [-0.15, -0.1) is 0 Å². The summed E-state index contributed by atoms with van der Waals surface area (Å²) in [7, 11) is 0. The third-order valence-electron chi connectivity index (χ3n) is 5.42. The van der Waals surface area contributed by atoms with Gasteiger partial charge < -0.3 is 15.2 Å². The Morgan fingerprint density at radius 3 is 2.88 bits per heavy atom. The van der Waals surface area contributed by atoms with Gasteiger partial charge in [-0.1, -0.05) is 22.0 Å². The Labute approximate surface area is 194 Å². The molecule has 0 saturated carbocycles. The molecule has 172 valence electrons. The molecule has 2 aliphatic rings. The van der Waals surface area contributed by atoms with Crippen LogP contribution in [0.5, 0.6) is 0 Å². The number of aryl methyl sites for hydroxylation is 1. The highest BCUT2D eigenvalue weighted by Crippen LogP contribution is 2.34. The SMILES string of the molecule is Cc1nc(N)nc2c1C(NOCCCC1COC(C)(C)O1)=NC(c1ccc(F)cc1Br)C2. The number of anilines is 1. The van der Waals surface area contributed by atoms with Crippen LogP contribution in [0.4, 0.5) is 10.3 Å². The number of amidine groups is 1. The summed E-state index contributed by atoms with van der Waals surface area (Å²) in [6.45, 7) is 6.75. The first-order valence-corrected chi connectivity index (χ1v) is 11.4. The van der Waals surface area contributed by atoms with Crippen molar-refractivity contribution in [2.75, 3.05) is 18.9 Å². The van der Waals surface area contributed by atoms with E-state index in [1.165, 1.54) is 12.1 Å². The second-order valence-electron chi connectivity index (χ2n) is 8.40. The minimum Gasteiger partial charge on any atom is -0.368 e. The second kappa shape index (κ2) is 9.38. The molecule has 8 nitrogen and oxygen atoms in total. The molecule has 1 aromatic carbocycles. The minimum atomic E-state index is -0.521. The number of hydroxylamine groups is 1. The summed E-state index contributed by atoms with van der Waals surface area (Å²) in [5.74, 6) is -0.0913. The Balaban J connectivity index is 1.46. The Morgan fingerprint density at radius 1 is 1.34 bits per heavy atom. The zero-order chi connectivity index (χ0) is 22.9. The molecule has 0 spiro atoms. The Bertz CT molecular complexity index is 1030. The third kappa shape index (κ3) is 5.25. The lowest BCUT2D eigenvalue weighted by Crippen LogP contribution is -2.32. The number of aromatic nitrogens is 2. The van der Waals surface area contributed by atoms with Crippen molar-refractivity contribution in [3.8, 4) is 0 Å². The Morgan fingerprint density at radius 2 is 2.16 bits per heavy atom. The molecular weight excluding hydrogens is 481 g/mol. The van der Waals surface area contributed by atoms with Crippen LogP contribution >= 0.6 is 15.9 Å². The van der Waals surface area contributed by atoms with Gasteiger partial charge in [0.15, 0.2) is 11.6 Å². The number of hydrogen-bond acceptors (Lipinski definition) is 8. The van der Waals surface area contributed by atoms with Crippen LogP contribution in [0, 0.1) is 12.7 Å². The summed E-state index contributed by atoms with van der Waals surface area (Å²) < 4.78 is 25.6. The fourth-order valence-electron chi connectivity index (χ4n) is 4.00. The van der Waals surface area contributed by atoms with Gasteiger partial charge in [-0.3, -0.25) is 9.83 Å². The largest absolute Gasteiger partial charge is 0.368 e. The van der Waals surface area contributed by atoms with Crippen LogP contribution in [-0.4, -0.2) is 40.9 Å². The summed E-state index contributed by atoms with van der Waals surface area (Å²) in [6.07, 6.45) is 2.21. The van der Waals surface area contributed by atoms with E-state index >= 15 is 0 Å². The maximum atomic E-state index is 13.6. The maximum absolute atomic E-state index is 13.6. The van der Waals surface area contributed by atoms with Gasteiger partial charge in [0, 0.05) is 10.9 Å². The number of benzene rings is 1. The molecule has 32 heavy (non-hydrogen) atoms. The average molecular weight is 508 g/mol. The summed E-state index contributed by atoms with van der Waals surface area (Å²) in [6, 6.07) is 4.30. The lowest BCUT2D eigenvalue weighted by atomic mass is 9.95. The highest BCUT2D eigenvalue weighted by molar-refractivity contribution is 9.10. The standard InChI is InChI=1S/C22H27BrFN5O3/c1-12-19-18(28-21(25)26-12)10-17(15-7-6-13(24)9-16(15)23)27-20(19)29-31-8-4-5-14-11-30-22(2,3)32-14/h6-7,9,14,17H,4-5,8,10-11H2,1-3H3,(H,27,29)(H2,25,26,28). The highest BCUT2D eigenvalue weighted by Gasteiger charge is 2.32. The molecule has 2 aliphatic heterocycles. The van der Waals surface area contributed by atoms with Crippen molar-refractivity contribution in [2.45, 2.75) is 58.0 Å². The Kier molecular flexibility index (Phi) is 6.75. The summed E-state index contributed by atoms with van der Waals surface area (Å²) in [5, 5.41) is 0. The van der Waals surface area contributed by atoms with E-state index < -0.39 is 5.79 Å². The molecule has 2 aromatic rings. The molecule has 0 bridgehead atoms. The van der Waals surface area contributed by atoms with Crippen LogP contribution in [-0.2, 0) is 20.7 Å². The first-order valence-electron chi connectivity index (χ1n) is 10.6. The molecule has 0 radical (unpaired) electrons. The number of nitrogen functional groups attached to an aromatic ring is 1. The molecule has 1 saturated heterocycles. The molecule has 1 aromatic heterocycles. The van der Waals surface area contributed by atoms with Crippen molar-refractivity contribution in [2.24, 2.45) is 4.99 Å². The first kappa shape index (κ1) is 23.0. The molecule has 4 rings (SSSR count). The summed E-state index contributed by atoms with van der Waals surface area (Å²) >= 11 is 3.44. The van der Waals surface area contributed by atoms with Gasteiger partial charge >= 0.3 is 0 Å². The van der Waals surface area contributed by atoms with Crippen LogP contribution in [0.25, 0.3) is 0 Å². The van der Waals surface area contributed by atoms with E-state index in [-0.39, 0.29) is 23.9 Å². The van der Waals surface area contributed by atoms with Gasteiger partial charge in [0.05, 0.1) is 42.3 Å². The van der Waals surface area contributed by atoms with E-state index in [0.717, 1.165) is 35.4 Å². The number of nitrogens with zero attached hydrogens (tertiary/aromatic N) is 3. The molecule has 3 heterocycles. The molecule has 0 amide bonds. The number of nitrogens with one attached hydrogen (secondary N) is 1. The number of ether oxygens (including phenoxy) is 2. The van der Waals surface area contributed by atoms with Gasteiger partial charge in [0.25, 0.3) is 0 Å². The fraction of sp³-hybridized carbons (Fsp3) is 0.500. The van der Waals surface area contributed by atoms with Crippen molar-refractivity contribution in [3.05, 3.63) is 51.0 Å². The molecule has 1 fully saturated rings. The van der Waals surface area contributed by atoms with Gasteiger partial charge in [-0.05, 0) is 51.3 Å². The lowest BCUT2D eigenvalue weighted by Gasteiger charge is -2.25. The number of halogens is 2. The third-order valence-corrected chi connectivity index (χ3v) is 6.11. The van der Waals surface area contributed by atoms with Crippen molar-refractivity contribution in [1.82, 2.24) is 15.4 Å². The predicted octanol–water partition coefficient (Wildman–Crippen LogP) is 3.77. The molecule has 0 aliphatic carbocycles. The normalized spacial score (nSPS) is 21.8. The number of nitrogens with two attached hydrogens (primary N) is 1. The average Bonchev–Trinajstić information content (AvgIpc) is 3.05. The number of fused-ring (bicyclic) bond motifs is 1. The van der Waals surface area contributed by atoms with Crippen molar-refractivity contribution in [3.63, 3.8) is 0 Å². The maximum Gasteiger partial charge on any atom is 0.220 e. The van der Waals surface area contributed by atoms with Gasteiger partial charge in [-0.2, -0.15) is 0 Å². The van der Waals surface area contributed by atoms with Crippen LogP contribution in [0.2, 0.25) is 0 Å². The van der Waals surface area contributed by atoms with E-state index in [4.69, 9.17) is 25.0 Å². The van der Waals surface area contributed by atoms with Crippen LogP contribution in [0.1, 0.15) is 55.2 Å². The smallest absolute Gasteiger partial charge is 0.220 e. The molecule has 2 unspecified atom stereocenters. The molecule has 3 N–H and O–H groups in total. The number of hydrogen-bond donors (Lipinski definition) is 2. The highest BCUT2D eigenvalue weighted by atomic mass is 79.9. The van der Waals surface area contributed by atoms with Crippen molar-refractivity contribution >= 4 is 27.7 Å². The monoisotopic (exact) mass is 507 g/mol. The van der Waals surface area contributed by atoms with Gasteiger partial charge in [-0.25, -0.2) is 19.8 Å². The summed E-state index contributed by atoms with van der Waals surface area (Å²) in [5.41, 5.74) is 12.0. The number of rotatable bonds is 6. The van der Waals surface area contributed by atoms with E-state index in [1.54, 1.807) is 6.07 Å². The van der Waals surface area contributed by atoms with Crippen molar-refractivity contribution < 1.29 is 18.7 Å². The second-order valence-corrected chi connectivity index (χ2v) is 9.25. The lowest BCUT2D eigenvalue weighted by molar-refractivity contribution is -0.139. The van der Waals surface area contributed by atoms with Crippen LogP contribution in [0.15, 0.2) is 27.7 Å². The summed E-state index contributed by atoms with van der Waals surface area (Å²) in [4.78, 5) is 19.3. The zero-order valence-corrected chi connectivity index (χ0v) is 19.9. The van der Waals surface area contributed by atoms with Gasteiger partial charge in [0.1, 0.15) is 5.82 Å². The quantitative estimate of drug-likeness (QED) is 0.452. The number of aliphatic imine (C=N–C) groups is 1. The zero-order valence-electron chi connectivity index (χ0n) is 18.3. The van der Waals surface area contributed by atoms with Crippen LogP contribution < -0.4 is 11.2 Å². The predicted molar refractivity (Wildman–Crippen MR) is 121 cm³/mol.